The zero-order chi connectivity index (χ0) is 18.0. The molecule has 0 radical (unpaired) electrons. The highest BCUT2D eigenvalue weighted by atomic mass is 16.6. The number of hydrogen-bond acceptors (Lipinski definition) is 4. The second-order valence-corrected chi connectivity index (χ2v) is 6.29. The fourth-order valence-corrected chi connectivity index (χ4v) is 3.43. The van der Waals surface area contributed by atoms with Crippen LogP contribution >= 0.6 is 0 Å². The van der Waals surface area contributed by atoms with Crippen molar-refractivity contribution in [1.29, 1.82) is 0 Å². The number of nitrogens with zero attached hydrogens (tertiary/aromatic N) is 1. The monoisotopic (exact) mass is 349 g/mol. The number of benzene rings is 2. The molecule has 26 heavy (non-hydrogen) atoms. The molecule has 5 nitrogen and oxygen atoms in total. The summed E-state index contributed by atoms with van der Waals surface area (Å²) in [6.07, 6.45) is 2.08. The molecule has 1 spiro atoms. The zero-order valence-corrected chi connectivity index (χ0v) is 14.3. The van der Waals surface area contributed by atoms with E-state index in [1.165, 1.54) is 4.90 Å². The van der Waals surface area contributed by atoms with Gasteiger partial charge in [0.15, 0.2) is 5.60 Å². The van der Waals surface area contributed by atoms with E-state index in [2.05, 4.69) is 0 Å². The second-order valence-electron chi connectivity index (χ2n) is 6.29. The Kier molecular flexibility index (Phi) is 4.41. The van der Waals surface area contributed by atoms with Gasteiger partial charge >= 0.3 is 0 Å². The van der Waals surface area contributed by atoms with Crippen LogP contribution in [0.4, 0.5) is 5.69 Å². The lowest BCUT2D eigenvalue weighted by Gasteiger charge is -2.25. The molecule has 2 aromatic rings. The third-order valence-corrected chi connectivity index (χ3v) is 4.72. The van der Waals surface area contributed by atoms with E-state index in [1.54, 1.807) is 30.3 Å². The Morgan fingerprint density at radius 3 is 2.31 bits per heavy atom. The van der Waals surface area contributed by atoms with Crippen LogP contribution in [-0.2, 0) is 19.1 Å². The minimum absolute atomic E-state index is 0.272. The molecule has 1 unspecified atom stereocenters. The van der Waals surface area contributed by atoms with Crippen molar-refractivity contribution >= 4 is 23.6 Å². The average molecular weight is 349 g/mol. The van der Waals surface area contributed by atoms with E-state index >= 15 is 0 Å². The topological polar surface area (TPSA) is 55.8 Å². The fourth-order valence-electron chi connectivity index (χ4n) is 3.43. The molecular formula is C21H19NO4. The lowest BCUT2D eigenvalue weighted by molar-refractivity contribution is -0.135. The van der Waals surface area contributed by atoms with Gasteiger partial charge in [0, 0.05) is 6.42 Å². The highest BCUT2D eigenvalue weighted by Gasteiger charge is 2.57. The first-order chi connectivity index (χ1) is 12.7. The maximum atomic E-state index is 13.3. The van der Waals surface area contributed by atoms with Gasteiger partial charge in [-0.15, -0.1) is 0 Å². The van der Waals surface area contributed by atoms with Crippen LogP contribution in [0.2, 0.25) is 0 Å². The molecule has 0 aliphatic carbocycles. The van der Waals surface area contributed by atoms with E-state index in [9.17, 15) is 9.59 Å². The Balaban J connectivity index is 1.85. The molecule has 0 N–H and O–H groups in total. The van der Waals surface area contributed by atoms with Crippen molar-refractivity contribution < 1.29 is 19.1 Å². The van der Waals surface area contributed by atoms with Crippen LogP contribution in [0.3, 0.4) is 0 Å². The van der Waals surface area contributed by atoms with E-state index in [0.29, 0.717) is 30.9 Å². The highest BCUT2D eigenvalue weighted by Crippen LogP contribution is 2.40. The summed E-state index contributed by atoms with van der Waals surface area (Å²) in [4.78, 5) is 27.8. The van der Waals surface area contributed by atoms with E-state index in [0.717, 1.165) is 5.56 Å². The van der Waals surface area contributed by atoms with Crippen LogP contribution in [0.5, 0.6) is 0 Å². The van der Waals surface area contributed by atoms with Gasteiger partial charge in [0.25, 0.3) is 11.8 Å². The normalized spacial score (nSPS) is 25.1. The summed E-state index contributed by atoms with van der Waals surface area (Å²) < 4.78 is 11.4. The van der Waals surface area contributed by atoms with Gasteiger partial charge in [-0.3, -0.25) is 9.59 Å². The lowest BCUT2D eigenvalue weighted by Crippen LogP contribution is -2.43. The van der Waals surface area contributed by atoms with Crippen LogP contribution in [0, 0.1) is 0 Å². The molecule has 2 aliphatic heterocycles. The third kappa shape index (κ3) is 2.75. The van der Waals surface area contributed by atoms with Gasteiger partial charge < -0.3 is 9.47 Å². The Morgan fingerprint density at radius 1 is 0.885 bits per heavy atom. The van der Waals surface area contributed by atoms with Crippen molar-refractivity contribution in [3.63, 3.8) is 0 Å². The molecule has 2 amide bonds. The van der Waals surface area contributed by atoms with Gasteiger partial charge in [0.2, 0.25) is 0 Å². The molecule has 2 fully saturated rings. The van der Waals surface area contributed by atoms with Crippen LogP contribution < -0.4 is 4.90 Å². The number of anilines is 1. The smallest absolute Gasteiger partial charge is 0.271 e. The Labute approximate surface area is 151 Å². The first-order valence-corrected chi connectivity index (χ1v) is 8.65. The maximum Gasteiger partial charge on any atom is 0.271 e. The molecule has 1 atom stereocenters. The summed E-state index contributed by atoms with van der Waals surface area (Å²) in [5, 5.41) is 0. The van der Waals surface area contributed by atoms with Crippen LogP contribution in [0.1, 0.15) is 12.0 Å². The first-order valence-electron chi connectivity index (χ1n) is 8.65. The number of ether oxygens (including phenoxy) is 2. The summed E-state index contributed by atoms with van der Waals surface area (Å²) in [7, 11) is 0. The van der Waals surface area contributed by atoms with E-state index in [1.807, 2.05) is 36.4 Å². The average Bonchev–Trinajstić information content (AvgIpc) is 2.85. The molecule has 2 saturated heterocycles. The standard InChI is InChI=1S/C21H19NO4/c23-19-18(15-16-7-3-1-4-8-16)21(11-12-25-13-14-26-21)20(24)22(19)17-9-5-2-6-10-17/h1-10,15H,11-14H2/b18-15-. The quantitative estimate of drug-likeness (QED) is 0.618. The molecule has 132 valence electrons. The molecule has 0 saturated carbocycles. The minimum Gasteiger partial charge on any atom is -0.379 e. The minimum atomic E-state index is -1.29. The summed E-state index contributed by atoms with van der Waals surface area (Å²) in [6, 6.07) is 18.5. The predicted octanol–water partition coefficient (Wildman–Crippen LogP) is 2.82. The number of amides is 2. The molecule has 2 aromatic carbocycles. The summed E-state index contributed by atoms with van der Waals surface area (Å²) in [6.45, 7) is 1.05. The van der Waals surface area contributed by atoms with Crippen LogP contribution in [0.25, 0.3) is 6.08 Å². The molecule has 4 rings (SSSR count). The summed E-state index contributed by atoms with van der Waals surface area (Å²) in [5.74, 6) is -0.687. The van der Waals surface area contributed by atoms with Gasteiger partial charge in [-0.2, -0.15) is 0 Å². The van der Waals surface area contributed by atoms with Crippen molar-refractivity contribution in [3.05, 3.63) is 71.8 Å². The molecule has 0 aromatic heterocycles. The summed E-state index contributed by atoms with van der Waals surface area (Å²) >= 11 is 0. The molecule has 5 heteroatoms. The zero-order valence-electron chi connectivity index (χ0n) is 14.3. The van der Waals surface area contributed by atoms with E-state index < -0.39 is 5.60 Å². The van der Waals surface area contributed by atoms with Crippen LogP contribution in [0.15, 0.2) is 66.2 Å². The second kappa shape index (κ2) is 6.86. The lowest BCUT2D eigenvalue weighted by atomic mass is 9.90. The third-order valence-electron chi connectivity index (χ3n) is 4.72. The van der Waals surface area contributed by atoms with Crippen molar-refractivity contribution in [2.45, 2.75) is 12.0 Å². The Morgan fingerprint density at radius 2 is 1.58 bits per heavy atom. The summed E-state index contributed by atoms with van der Waals surface area (Å²) in [5.41, 5.74) is 0.473. The van der Waals surface area contributed by atoms with Gasteiger partial charge in [-0.05, 0) is 23.8 Å². The van der Waals surface area contributed by atoms with Crippen molar-refractivity contribution in [1.82, 2.24) is 0 Å². The highest BCUT2D eigenvalue weighted by molar-refractivity contribution is 6.33. The Bertz CT molecular complexity index is 837. The number of carbonyl (C=O) groups excluding carboxylic acids is 2. The number of carbonyl (C=O) groups is 2. The van der Waals surface area contributed by atoms with Gasteiger partial charge in [-0.1, -0.05) is 48.5 Å². The molecule has 2 heterocycles. The van der Waals surface area contributed by atoms with Crippen molar-refractivity contribution in [2.75, 3.05) is 24.7 Å². The van der Waals surface area contributed by atoms with Crippen molar-refractivity contribution in [2.24, 2.45) is 0 Å². The first kappa shape index (κ1) is 16.7. The van der Waals surface area contributed by atoms with E-state index in [4.69, 9.17) is 9.47 Å². The van der Waals surface area contributed by atoms with Crippen LogP contribution in [-0.4, -0.2) is 37.2 Å². The van der Waals surface area contributed by atoms with E-state index in [-0.39, 0.29) is 18.4 Å². The molecule has 0 bridgehead atoms. The Hall–Kier alpha value is -2.76. The SMILES string of the molecule is O=C1/C(=C/c2ccccc2)C2(CCOCCO2)C(=O)N1c1ccccc1. The largest absolute Gasteiger partial charge is 0.379 e. The fraction of sp³-hybridized carbons (Fsp3) is 0.238. The van der Waals surface area contributed by atoms with Crippen molar-refractivity contribution in [3.8, 4) is 0 Å². The maximum absolute atomic E-state index is 13.3. The number of rotatable bonds is 2. The number of para-hydroxylation sites is 1. The van der Waals surface area contributed by atoms with Gasteiger partial charge in [-0.25, -0.2) is 4.90 Å². The molecule has 2 aliphatic rings. The van der Waals surface area contributed by atoms with Gasteiger partial charge in [0.1, 0.15) is 0 Å². The molecular weight excluding hydrogens is 330 g/mol. The number of hydrogen-bond donors (Lipinski definition) is 0. The predicted molar refractivity (Wildman–Crippen MR) is 97.5 cm³/mol. The number of imide groups is 1. The van der Waals surface area contributed by atoms with Gasteiger partial charge in [0.05, 0.1) is 31.1 Å².